The number of methoxy groups -OCH3 is 2. The van der Waals surface area contributed by atoms with Crippen molar-refractivity contribution in [3.05, 3.63) is 23.8 Å². The summed E-state index contributed by atoms with van der Waals surface area (Å²) in [5, 5.41) is 0. The van der Waals surface area contributed by atoms with Gasteiger partial charge in [0.2, 0.25) is 5.91 Å². The average Bonchev–Trinajstić information content (AvgIpc) is 2.37. The first-order valence-corrected chi connectivity index (χ1v) is 5.67. The molecule has 2 N–H and O–H groups in total. The van der Waals surface area contributed by atoms with Gasteiger partial charge < -0.3 is 20.1 Å². The summed E-state index contributed by atoms with van der Waals surface area (Å²) >= 11 is 0. The van der Waals surface area contributed by atoms with Gasteiger partial charge in [0.15, 0.2) is 0 Å². The van der Waals surface area contributed by atoms with E-state index in [4.69, 9.17) is 15.2 Å². The molecule has 1 aromatic rings. The molecular weight excluding hydrogens is 232 g/mol. The SMILES string of the molecule is COc1ccc(OC)c(C(N)CC(=O)N(C)C)c1. The lowest BCUT2D eigenvalue weighted by molar-refractivity contribution is -0.129. The third-order valence-corrected chi connectivity index (χ3v) is 2.73. The predicted octanol–water partition coefficient (Wildman–Crippen LogP) is 1.18. The van der Waals surface area contributed by atoms with Crippen LogP contribution in [-0.4, -0.2) is 39.1 Å². The molecule has 0 heterocycles. The van der Waals surface area contributed by atoms with Crippen molar-refractivity contribution in [1.29, 1.82) is 0 Å². The number of nitrogens with zero attached hydrogens (tertiary/aromatic N) is 1. The summed E-state index contributed by atoms with van der Waals surface area (Å²) in [7, 11) is 6.57. The quantitative estimate of drug-likeness (QED) is 0.854. The number of amides is 1. The van der Waals surface area contributed by atoms with E-state index in [2.05, 4.69) is 0 Å². The van der Waals surface area contributed by atoms with E-state index in [0.29, 0.717) is 11.5 Å². The van der Waals surface area contributed by atoms with Crippen molar-refractivity contribution in [1.82, 2.24) is 4.90 Å². The van der Waals surface area contributed by atoms with Crippen LogP contribution in [-0.2, 0) is 4.79 Å². The van der Waals surface area contributed by atoms with Crippen LogP contribution in [0.25, 0.3) is 0 Å². The van der Waals surface area contributed by atoms with Crippen LogP contribution in [0.3, 0.4) is 0 Å². The van der Waals surface area contributed by atoms with Gasteiger partial charge in [0.05, 0.1) is 14.2 Å². The molecule has 1 amide bonds. The van der Waals surface area contributed by atoms with E-state index in [1.54, 1.807) is 46.5 Å². The van der Waals surface area contributed by atoms with Gasteiger partial charge in [-0.05, 0) is 18.2 Å². The number of carbonyl (C=O) groups excluding carboxylic acids is 1. The summed E-state index contributed by atoms with van der Waals surface area (Å²) < 4.78 is 10.4. The van der Waals surface area contributed by atoms with Crippen molar-refractivity contribution in [3.8, 4) is 11.5 Å². The second-order valence-corrected chi connectivity index (χ2v) is 4.21. The van der Waals surface area contributed by atoms with Gasteiger partial charge >= 0.3 is 0 Å². The van der Waals surface area contributed by atoms with Crippen molar-refractivity contribution >= 4 is 5.91 Å². The van der Waals surface area contributed by atoms with E-state index >= 15 is 0 Å². The zero-order valence-corrected chi connectivity index (χ0v) is 11.3. The third-order valence-electron chi connectivity index (χ3n) is 2.73. The molecule has 0 fully saturated rings. The average molecular weight is 252 g/mol. The minimum Gasteiger partial charge on any atom is -0.497 e. The van der Waals surface area contributed by atoms with Gasteiger partial charge in [-0.1, -0.05) is 0 Å². The Labute approximate surface area is 107 Å². The molecule has 0 saturated heterocycles. The zero-order valence-electron chi connectivity index (χ0n) is 11.3. The Morgan fingerprint density at radius 3 is 2.50 bits per heavy atom. The van der Waals surface area contributed by atoms with Crippen molar-refractivity contribution in [2.75, 3.05) is 28.3 Å². The number of hydrogen-bond donors (Lipinski definition) is 1. The van der Waals surface area contributed by atoms with Crippen LogP contribution in [0.15, 0.2) is 18.2 Å². The molecule has 0 aliphatic carbocycles. The first-order chi connectivity index (χ1) is 8.49. The van der Waals surface area contributed by atoms with E-state index in [0.717, 1.165) is 5.56 Å². The second kappa shape index (κ2) is 6.26. The van der Waals surface area contributed by atoms with Crippen molar-refractivity contribution in [2.45, 2.75) is 12.5 Å². The molecule has 1 aromatic carbocycles. The molecule has 0 aromatic heterocycles. The van der Waals surface area contributed by atoms with E-state index < -0.39 is 6.04 Å². The minimum absolute atomic E-state index is 0.0210. The highest BCUT2D eigenvalue weighted by molar-refractivity contribution is 5.76. The van der Waals surface area contributed by atoms with Gasteiger partial charge in [-0.15, -0.1) is 0 Å². The fourth-order valence-corrected chi connectivity index (χ4v) is 1.61. The van der Waals surface area contributed by atoms with Gasteiger partial charge in [-0.2, -0.15) is 0 Å². The summed E-state index contributed by atoms with van der Waals surface area (Å²) in [6.45, 7) is 0. The summed E-state index contributed by atoms with van der Waals surface area (Å²) in [4.78, 5) is 13.2. The fourth-order valence-electron chi connectivity index (χ4n) is 1.61. The summed E-state index contributed by atoms with van der Waals surface area (Å²) in [5.74, 6) is 1.33. The Kier molecular flexibility index (Phi) is 4.97. The van der Waals surface area contributed by atoms with Crippen molar-refractivity contribution in [2.24, 2.45) is 5.73 Å². The molecule has 100 valence electrons. The molecule has 0 aliphatic rings. The fraction of sp³-hybridized carbons (Fsp3) is 0.462. The Balaban J connectivity index is 2.95. The zero-order chi connectivity index (χ0) is 13.7. The molecule has 0 bridgehead atoms. The molecule has 0 radical (unpaired) electrons. The van der Waals surface area contributed by atoms with Crippen LogP contribution in [0.5, 0.6) is 11.5 Å². The third kappa shape index (κ3) is 3.37. The van der Waals surface area contributed by atoms with E-state index in [-0.39, 0.29) is 12.3 Å². The highest BCUT2D eigenvalue weighted by Gasteiger charge is 2.17. The van der Waals surface area contributed by atoms with E-state index in [9.17, 15) is 4.79 Å². The lowest BCUT2D eigenvalue weighted by atomic mass is 10.0. The predicted molar refractivity (Wildman–Crippen MR) is 69.8 cm³/mol. The first-order valence-electron chi connectivity index (χ1n) is 5.67. The molecule has 18 heavy (non-hydrogen) atoms. The topological polar surface area (TPSA) is 64.8 Å². The molecule has 0 spiro atoms. The molecular formula is C13H20N2O3. The molecule has 5 nitrogen and oxygen atoms in total. The van der Waals surface area contributed by atoms with Gasteiger partial charge in [0, 0.05) is 32.1 Å². The monoisotopic (exact) mass is 252 g/mol. The standard InChI is InChI=1S/C13H20N2O3/c1-15(2)13(16)8-11(14)10-7-9(17-3)5-6-12(10)18-4/h5-7,11H,8,14H2,1-4H3. The lowest BCUT2D eigenvalue weighted by Crippen LogP contribution is -2.26. The van der Waals surface area contributed by atoms with Crippen LogP contribution in [0.2, 0.25) is 0 Å². The Bertz CT molecular complexity index is 419. The Morgan fingerprint density at radius 2 is 2.00 bits per heavy atom. The maximum absolute atomic E-state index is 11.7. The molecule has 5 heteroatoms. The highest BCUT2D eigenvalue weighted by atomic mass is 16.5. The smallest absolute Gasteiger partial charge is 0.223 e. The van der Waals surface area contributed by atoms with Crippen LogP contribution in [0.1, 0.15) is 18.0 Å². The Hall–Kier alpha value is -1.75. The normalized spacial score (nSPS) is 11.8. The number of rotatable bonds is 5. The van der Waals surface area contributed by atoms with Crippen molar-refractivity contribution in [3.63, 3.8) is 0 Å². The van der Waals surface area contributed by atoms with Crippen LogP contribution in [0, 0.1) is 0 Å². The minimum atomic E-state index is -0.412. The molecule has 1 unspecified atom stereocenters. The highest BCUT2D eigenvalue weighted by Crippen LogP contribution is 2.29. The number of ether oxygens (including phenoxy) is 2. The number of nitrogens with two attached hydrogens (primary N) is 1. The van der Waals surface area contributed by atoms with Crippen LogP contribution < -0.4 is 15.2 Å². The number of benzene rings is 1. The molecule has 0 aliphatic heterocycles. The number of hydrogen-bond acceptors (Lipinski definition) is 4. The maximum atomic E-state index is 11.7. The maximum Gasteiger partial charge on any atom is 0.223 e. The van der Waals surface area contributed by atoms with Gasteiger partial charge in [-0.25, -0.2) is 0 Å². The van der Waals surface area contributed by atoms with E-state index in [1.165, 1.54) is 4.90 Å². The lowest BCUT2D eigenvalue weighted by Gasteiger charge is -2.18. The van der Waals surface area contributed by atoms with Gasteiger partial charge in [-0.3, -0.25) is 4.79 Å². The van der Waals surface area contributed by atoms with Crippen LogP contribution in [0.4, 0.5) is 0 Å². The number of carbonyl (C=O) groups is 1. The summed E-state index contributed by atoms with van der Waals surface area (Å²) in [5.41, 5.74) is 6.82. The summed E-state index contributed by atoms with van der Waals surface area (Å²) in [6.07, 6.45) is 0.233. The van der Waals surface area contributed by atoms with Gasteiger partial charge in [0.1, 0.15) is 11.5 Å². The molecule has 0 saturated carbocycles. The van der Waals surface area contributed by atoms with Crippen molar-refractivity contribution < 1.29 is 14.3 Å². The Morgan fingerprint density at radius 1 is 1.33 bits per heavy atom. The molecule has 1 atom stereocenters. The second-order valence-electron chi connectivity index (χ2n) is 4.21. The van der Waals surface area contributed by atoms with E-state index in [1.807, 2.05) is 0 Å². The van der Waals surface area contributed by atoms with Gasteiger partial charge in [0.25, 0.3) is 0 Å². The summed E-state index contributed by atoms with van der Waals surface area (Å²) in [6, 6.07) is 4.97. The first kappa shape index (κ1) is 14.3. The molecule has 1 rings (SSSR count). The van der Waals surface area contributed by atoms with Crippen LogP contribution >= 0.6 is 0 Å². The largest absolute Gasteiger partial charge is 0.497 e.